The molecule has 2 aromatic rings. The van der Waals surface area contributed by atoms with Crippen LogP contribution in [0.15, 0.2) is 6.07 Å². The fraction of sp³-hybridized carbons (Fsp3) is 0.375. The molecule has 1 N–H and O–H groups in total. The van der Waals surface area contributed by atoms with E-state index in [1.54, 1.807) is 0 Å². The number of halogens is 2. The number of esters is 1. The number of carbonyl (C=O) groups excluding carboxylic acids is 2. The molecule has 0 spiro atoms. The molecule has 0 saturated carbocycles. The van der Waals surface area contributed by atoms with Crippen molar-refractivity contribution in [3.63, 3.8) is 0 Å². The zero-order valence-electron chi connectivity index (χ0n) is 13.7. The second kappa shape index (κ2) is 7.63. The Morgan fingerprint density at radius 2 is 2.12 bits per heavy atom. The molecule has 25 heavy (non-hydrogen) atoms. The minimum atomic E-state index is -0.438. The highest BCUT2D eigenvalue weighted by Gasteiger charge is 2.29. The predicted molar refractivity (Wildman–Crippen MR) is 103 cm³/mol. The average molecular weight is 419 g/mol. The van der Waals surface area contributed by atoms with Gasteiger partial charge in [0.15, 0.2) is 0 Å². The van der Waals surface area contributed by atoms with Crippen molar-refractivity contribution in [3.8, 4) is 0 Å². The van der Waals surface area contributed by atoms with Crippen molar-refractivity contribution in [1.29, 1.82) is 0 Å². The van der Waals surface area contributed by atoms with Gasteiger partial charge in [-0.25, -0.2) is 4.79 Å². The van der Waals surface area contributed by atoms with Gasteiger partial charge in [0.25, 0.3) is 5.91 Å². The molecule has 2 aromatic heterocycles. The number of hydrogen-bond acceptors (Lipinski definition) is 6. The Kier molecular flexibility index (Phi) is 5.70. The van der Waals surface area contributed by atoms with Crippen LogP contribution in [0.3, 0.4) is 0 Å². The van der Waals surface area contributed by atoms with E-state index in [4.69, 9.17) is 27.9 Å². The molecule has 0 aromatic carbocycles. The molecule has 134 valence electrons. The number of methoxy groups -OCH3 is 1. The first kappa shape index (κ1) is 18.7. The first-order chi connectivity index (χ1) is 11.9. The van der Waals surface area contributed by atoms with Crippen LogP contribution in [-0.2, 0) is 17.7 Å². The first-order valence-electron chi connectivity index (χ1n) is 7.66. The van der Waals surface area contributed by atoms with Gasteiger partial charge in [-0.2, -0.15) is 0 Å². The van der Waals surface area contributed by atoms with Crippen molar-refractivity contribution in [3.05, 3.63) is 36.3 Å². The van der Waals surface area contributed by atoms with Crippen molar-refractivity contribution >= 4 is 62.8 Å². The highest BCUT2D eigenvalue weighted by atomic mass is 35.5. The Hall–Kier alpha value is -1.12. The minimum absolute atomic E-state index is 0.300. The summed E-state index contributed by atoms with van der Waals surface area (Å²) in [6.07, 6.45) is 0.755. The van der Waals surface area contributed by atoms with E-state index < -0.39 is 5.97 Å². The molecule has 0 fully saturated rings. The number of ether oxygens (including phenoxy) is 1. The van der Waals surface area contributed by atoms with E-state index in [2.05, 4.69) is 17.1 Å². The highest BCUT2D eigenvalue weighted by molar-refractivity contribution is 7.20. The van der Waals surface area contributed by atoms with Gasteiger partial charge in [-0.1, -0.05) is 30.1 Å². The summed E-state index contributed by atoms with van der Waals surface area (Å²) in [6.45, 7) is 4.69. The Morgan fingerprint density at radius 1 is 1.36 bits per heavy atom. The summed E-state index contributed by atoms with van der Waals surface area (Å²) in [5.41, 5.74) is 1.71. The van der Waals surface area contributed by atoms with Crippen LogP contribution < -0.4 is 5.32 Å². The van der Waals surface area contributed by atoms with Gasteiger partial charge < -0.3 is 10.1 Å². The molecule has 3 rings (SSSR count). The average Bonchev–Trinajstić information content (AvgIpc) is 3.12. The summed E-state index contributed by atoms with van der Waals surface area (Å²) in [5.74, 6) is -0.823. The number of carbonyl (C=O) groups is 2. The van der Waals surface area contributed by atoms with E-state index in [0.717, 1.165) is 47.8 Å². The van der Waals surface area contributed by atoms with Gasteiger partial charge in [-0.05, 0) is 24.6 Å². The van der Waals surface area contributed by atoms with E-state index in [0.29, 0.717) is 24.8 Å². The van der Waals surface area contributed by atoms with E-state index in [1.807, 2.05) is 0 Å². The monoisotopic (exact) mass is 418 g/mol. The zero-order chi connectivity index (χ0) is 18.1. The number of thiophene rings is 2. The highest BCUT2D eigenvalue weighted by Crippen LogP contribution is 2.38. The van der Waals surface area contributed by atoms with Gasteiger partial charge in [0.05, 0.1) is 22.6 Å². The summed E-state index contributed by atoms with van der Waals surface area (Å²) in [7, 11) is 1.34. The molecule has 9 heteroatoms. The molecule has 3 heterocycles. The number of hydrogen-bond donors (Lipinski definition) is 1. The number of nitrogens with one attached hydrogen (secondary N) is 1. The van der Waals surface area contributed by atoms with Crippen LogP contribution in [0.25, 0.3) is 0 Å². The molecular weight excluding hydrogens is 403 g/mol. The van der Waals surface area contributed by atoms with E-state index in [-0.39, 0.29) is 5.91 Å². The van der Waals surface area contributed by atoms with Crippen LogP contribution in [0.4, 0.5) is 5.00 Å². The van der Waals surface area contributed by atoms with Crippen LogP contribution >= 0.6 is 45.9 Å². The number of rotatable bonds is 4. The number of nitrogens with zero attached hydrogens (tertiary/aromatic N) is 1. The van der Waals surface area contributed by atoms with Crippen LogP contribution in [-0.4, -0.2) is 37.0 Å². The molecule has 0 aliphatic carbocycles. The Morgan fingerprint density at radius 3 is 2.72 bits per heavy atom. The standard InChI is InChI=1S/C16H16Cl2N2O3S2/c1-3-20-5-4-8-10(7-20)24-15(12(8)16(22)23-2)19-14(21)9-6-11(17)25-13(9)18/h6H,3-5,7H2,1-2H3,(H,19,21). The van der Waals surface area contributed by atoms with Gasteiger partial charge >= 0.3 is 5.97 Å². The number of likely N-dealkylation sites (N-methyl/N-ethyl adjacent to an activating group) is 1. The van der Waals surface area contributed by atoms with Gasteiger partial charge in [0.1, 0.15) is 9.34 Å². The Labute approximate surface area is 163 Å². The molecule has 5 nitrogen and oxygen atoms in total. The maximum atomic E-state index is 12.5. The normalized spacial score (nSPS) is 14.2. The number of amides is 1. The molecule has 0 atom stereocenters. The second-order valence-electron chi connectivity index (χ2n) is 5.51. The third-order valence-electron chi connectivity index (χ3n) is 4.10. The van der Waals surface area contributed by atoms with Crippen molar-refractivity contribution in [2.75, 3.05) is 25.5 Å². The van der Waals surface area contributed by atoms with Crippen LogP contribution in [0, 0.1) is 0 Å². The smallest absolute Gasteiger partial charge is 0.341 e. The molecule has 1 amide bonds. The summed E-state index contributed by atoms with van der Waals surface area (Å²) in [5, 5.41) is 3.31. The van der Waals surface area contributed by atoms with Crippen molar-refractivity contribution in [2.45, 2.75) is 19.9 Å². The summed E-state index contributed by atoms with van der Waals surface area (Å²) in [6, 6.07) is 1.52. The van der Waals surface area contributed by atoms with Gasteiger partial charge in [-0.15, -0.1) is 22.7 Å². The van der Waals surface area contributed by atoms with Crippen LogP contribution in [0.2, 0.25) is 8.67 Å². The zero-order valence-corrected chi connectivity index (χ0v) is 16.8. The summed E-state index contributed by atoms with van der Waals surface area (Å²) < 4.78 is 5.68. The molecule has 0 bridgehead atoms. The molecule has 0 saturated heterocycles. The maximum absolute atomic E-state index is 12.5. The Bertz CT molecular complexity index is 832. The van der Waals surface area contributed by atoms with E-state index >= 15 is 0 Å². The maximum Gasteiger partial charge on any atom is 0.341 e. The fourth-order valence-electron chi connectivity index (χ4n) is 2.80. The van der Waals surface area contributed by atoms with Crippen LogP contribution in [0.5, 0.6) is 0 Å². The SMILES string of the molecule is CCN1CCc2c(sc(NC(=O)c3cc(Cl)sc3Cl)c2C(=O)OC)C1. The minimum Gasteiger partial charge on any atom is -0.465 e. The third kappa shape index (κ3) is 3.71. The van der Waals surface area contributed by atoms with Crippen molar-refractivity contribution < 1.29 is 14.3 Å². The molecule has 0 unspecified atom stereocenters. The summed E-state index contributed by atoms with van der Waals surface area (Å²) >= 11 is 14.5. The quantitative estimate of drug-likeness (QED) is 0.740. The predicted octanol–water partition coefficient (Wildman–Crippen LogP) is 4.53. The molecule has 1 aliphatic heterocycles. The lowest BCUT2D eigenvalue weighted by atomic mass is 10.0. The van der Waals surface area contributed by atoms with Gasteiger partial charge in [0.2, 0.25) is 0 Å². The van der Waals surface area contributed by atoms with E-state index in [9.17, 15) is 9.59 Å². The third-order valence-corrected chi connectivity index (χ3v) is 6.72. The molecule has 1 aliphatic rings. The topological polar surface area (TPSA) is 58.6 Å². The Balaban J connectivity index is 1.95. The van der Waals surface area contributed by atoms with Crippen molar-refractivity contribution in [2.24, 2.45) is 0 Å². The summed E-state index contributed by atoms with van der Waals surface area (Å²) in [4.78, 5) is 28.2. The molecular formula is C16H16Cl2N2O3S2. The fourth-order valence-corrected chi connectivity index (χ4v) is 5.53. The molecule has 0 radical (unpaired) electrons. The lowest BCUT2D eigenvalue weighted by molar-refractivity contribution is 0.0600. The first-order valence-corrected chi connectivity index (χ1v) is 10.0. The van der Waals surface area contributed by atoms with Gasteiger partial charge in [0, 0.05) is 18.0 Å². The lowest BCUT2D eigenvalue weighted by Crippen LogP contribution is -2.29. The van der Waals surface area contributed by atoms with Crippen molar-refractivity contribution in [1.82, 2.24) is 4.90 Å². The van der Waals surface area contributed by atoms with Crippen LogP contribution in [0.1, 0.15) is 38.1 Å². The largest absolute Gasteiger partial charge is 0.465 e. The second-order valence-corrected chi connectivity index (χ2v) is 8.90. The van der Waals surface area contributed by atoms with E-state index in [1.165, 1.54) is 24.5 Å². The number of anilines is 1. The lowest BCUT2D eigenvalue weighted by Gasteiger charge is -2.25. The number of fused-ring (bicyclic) bond motifs is 1. The van der Waals surface area contributed by atoms with Gasteiger partial charge in [-0.3, -0.25) is 9.69 Å².